The molecule has 0 aromatic carbocycles. The molecule has 1 aliphatic carbocycles. The van der Waals surface area contributed by atoms with Crippen molar-refractivity contribution in [1.82, 2.24) is 19.2 Å². The third kappa shape index (κ3) is 3.64. The molecule has 1 N–H and O–H groups in total. The molecule has 0 radical (unpaired) electrons. The number of nitrogens with zero attached hydrogens (tertiary/aromatic N) is 4. The SMILES string of the molecule is CC(C)CCN(Cn1nc(CO)n(C)c1=S)C1CC1. The summed E-state index contributed by atoms with van der Waals surface area (Å²) in [5.41, 5.74) is 0. The maximum Gasteiger partial charge on any atom is 0.198 e. The van der Waals surface area contributed by atoms with Crippen molar-refractivity contribution in [3.8, 4) is 0 Å². The average molecular weight is 284 g/mol. The van der Waals surface area contributed by atoms with Crippen LogP contribution >= 0.6 is 12.2 Å². The first-order valence-corrected chi connectivity index (χ1v) is 7.41. The van der Waals surface area contributed by atoms with E-state index in [4.69, 9.17) is 12.2 Å². The molecule has 0 aliphatic heterocycles. The van der Waals surface area contributed by atoms with Crippen LogP contribution in [0, 0.1) is 10.7 Å². The fraction of sp³-hybridized carbons (Fsp3) is 0.846. The summed E-state index contributed by atoms with van der Waals surface area (Å²) in [6.45, 7) is 6.27. The minimum absolute atomic E-state index is 0.0669. The van der Waals surface area contributed by atoms with Gasteiger partial charge in [-0.2, -0.15) is 5.10 Å². The van der Waals surface area contributed by atoms with E-state index in [1.165, 1.54) is 19.3 Å². The molecule has 1 aliphatic rings. The van der Waals surface area contributed by atoms with E-state index in [9.17, 15) is 5.11 Å². The first-order chi connectivity index (χ1) is 9.02. The lowest BCUT2D eigenvalue weighted by molar-refractivity contribution is 0.183. The van der Waals surface area contributed by atoms with E-state index in [1.807, 2.05) is 11.7 Å². The monoisotopic (exact) mass is 284 g/mol. The van der Waals surface area contributed by atoms with Gasteiger partial charge in [0.25, 0.3) is 0 Å². The number of aromatic nitrogens is 3. The fourth-order valence-corrected chi connectivity index (χ4v) is 2.37. The largest absolute Gasteiger partial charge is 0.388 e. The third-order valence-electron chi connectivity index (χ3n) is 3.65. The molecule has 1 aromatic rings. The molecular formula is C13H24N4OS. The Balaban J connectivity index is 2.06. The molecule has 1 heterocycles. The number of aliphatic hydroxyl groups excluding tert-OH is 1. The van der Waals surface area contributed by atoms with Gasteiger partial charge < -0.3 is 9.67 Å². The van der Waals surface area contributed by atoms with Crippen LogP contribution in [0.15, 0.2) is 0 Å². The summed E-state index contributed by atoms with van der Waals surface area (Å²) in [6.07, 6.45) is 3.76. The Kier molecular flexibility index (Phi) is 4.76. The van der Waals surface area contributed by atoms with Crippen molar-refractivity contribution in [2.45, 2.75) is 52.4 Å². The number of aliphatic hydroxyl groups is 1. The first-order valence-electron chi connectivity index (χ1n) is 7.00. The van der Waals surface area contributed by atoms with Crippen LogP contribution in [0.1, 0.15) is 38.9 Å². The van der Waals surface area contributed by atoms with Gasteiger partial charge in [-0.3, -0.25) is 4.90 Å². The summed E-state index contributed by atoms with van der Waals surface area (Å²) < 4.78 is 4.29. The van der Waals surface area contributed by atoms with E-state index in [2.05, 4.69) is 23.8 Å². The predicted octanol–water partition coefficient (Wildman–Crippen LogP) is 1.91. The zero-order valence-corrected chi connectivity index (χ0v) is 12.9. The normalized spacial score (nSPS) is 15.7. The Labute approximate surface area is 119 Å². The van der Waals surface area contributed by atoms with Crippen LogP contribution in [0.2, 0.25) is 0 Å². The lowest BCUT2D eigenvalue weighted by Gasteiger charge is -2.22. The summed E-state index contributed by atoms with van der Waals surface area (Å²) in [5, 5.41) is 13.6. The lowest BCUT2D eigenvalue weighted by atomic mass is 10.1. The van der Waals surface area contributed by atoms with E-state index in [0.29, 0.717) is 22.6 Å². The lowest BCUT2D eigenvalue weighted by Crippen LogP contribution is -2.31. The molecule has 5 nitrogen and oxygen atoms in total. The van der Waals surface area contributed by atoms with Gasteiger partial charge in [0.1, 0.15) is 6.61 Å². The number of hydrogen-bond acceptors (Lipinski definition) is 4. The molecule has 1 fully saturated rings. The van der Waals surface area contributed by atoms with Crippen LogP contribution < -0.4 is 0 Å². The van der Waals surface area contributed by atoms with E-state index in [-0.39, 0.29) is 6.61 Å². The number of rotatable bonds is 7. The molecule has 0 atom stereocenters. The fourth-order valence-electron chi connectivity index (χ4n) is 2.17. The van der Waals surface area contributed by atoms with E-state index >= 15 is 0 Å². The molecule has 1 saturated carbocycles. The van der Waals surface area contributed by atoms with Crippen molar-refractivity contribution >= 4 is 12.2 Å². The number of hydrogen-bond donors (Lipinski definition) is 1. The van der Waals surface area contributed by atoms with Gasteiger partial charge in [-0.25, -0.2) is 4.68 Å². The molecule has 1 aromatic heterocycles. The Morgan fingerprint density at radius 3 is 2.63 bits per heavy atom. The van der Waals surface area contributed by atoms with Crippen molar-refractivity contribution in [3.05, 3.63) is 10.6 Å². The first kappa shape index (κ1) is 14.7. The quantitative estimate of drug-likeness (QED) is 0.777. The Bertz CT molecular complexity index is 475. The molecule has 0 bridgehead atoms. The topological polar surface area (TPSA) is 46.2 Å². The Hall–Kier alpha value is -0.720. The smallest absolute Gasteiger partial charge is 0.198 e. The second-order valence-corrected chi connectivity index (χ2v) is 6.15. The van der Waals surface area contributed by atoms with Gasteiger partial charge in [0.2, 0.25) is 0 Å². The van der Waals surface area contributed by atoms with Gasteiger partial charge in [0, 0.05) is 19.6 Å². The minimum Gasteiger partial charge on any atom is -0.388 e. The summed E-state index contributed by atoms with van der Waals surface area (Å²) in [7, 11) is 1.85. The molecule has 2 rings (SSSR count). The van der Waals surface area contributed by atoms with Crippen LogP contribution in [0.5, 0.6) is 0 Å². The Morgan fingerprint density at radius 1 is 1.47 bits per heavy atom. The third-order valence-corrected chi connectivity index (χ3v) is 4.13. The van der Waals surface area contributed by atoms with E-state index in [0.717, 1.165) is 13.2 Å². The maximum absolute atomic E-state index is 9.23. The van der Waals surface area contributed by atoms with Gasteiger partial charge in [0.15, 0.2) is 10.6 Å². The molecule has 0 spiro atoms. The van der Waals surface area contributed by atoms with E-state index in [1.54, 1.807) is 4.57 Å². The second-order valence-electron chi connectivity index (χ2n) is 5.78. The zero-order chi connectivity index (χ0) is 14.0. The molecule has 0 saturated heterocycles. The maximum atomic E-state index is 9.23. The van der Waals surface area contributed by atoms with Crippen molar-refractivity contribution in [2.75, 3.05) is 6.54 Å². The highest BCUT2D eigenvalue weighted by atomic mass is 32.1. The molecule has 19 heavy (non-hydrogen) atoms. The highest BCUT2D eigenvalue weighted by molar-refractivity contribution is 7.71. The van der Waals surface area contributed by atoms with Crippen molar-refractivity contribution in [3.63, 3.8) is 0 Å². The summed E-state index contributed by atoms with van der Waals surface area (Å²) in [5.74, 6) is 1.34. The zero-order valence-electron chi connectivity index (χ0n) is 12.0. The van der Waals surface area contributed by atoms with E-state index < -0.39 is 0 Å². The average Bonchev–Trinajstić information content (AvgIpc) is 3.17. The highest BCUT2D eigenvalue weighted by Crippen LogP contribution is 2.27. The van der Waals surface area contributed by atoms with Crippen molar-refractivity contribution in [1.29, 1.82) is 0 Å². The highest BCUT2D eigenvalue weighted by Gasteiger charge is 2.29. The Morgan fingerprint density at radius 2 is 2.16 bits per heavy atom. The molecule has 0 unspecified atom stereocenters. The van der Waals surface area contributed by atoms with Crippen LogP contribution in [0.3, 0.4) is 0 Å². The van der Waals surface area contributed by atoms with Crippen LogP contribution in [-0.2, 0) is 20.3 Å². The van der Waals surface area contributed by atoms with Gasteiger partial charge in [-0.15, -0.1) is 0 Å². The van der Waals surface area contributed by atoms with Gasteiger partial charge in [-0.1, -0.05) is 13.8 Å². The van der Waals surface area contributed by atoms with Crippen molar-refractivity contribution < 1.29 is 5.11 Å². The molecule has 6 heteroatoms. The molecule has 108 valence electrons. The van der Waals surface area contributed by atoms with Crippen LogP contribution in [-0.4, -0.2) is 36.9 Å². The van der Waals surface area contributed by atoms with Gasteiger partial charge >= 0.3 is 0 Å². The standard InChI is InChI=1S/C13H24N4OS/c1-10(2)6-7-16(11-4-5-11)9-17-13(19)15(3)12(8-18)14-17/h10-11,18H,4-9H2,1-3H3. The summed E-state index contributed by atoms with van der Waals surface area (Å²) in [4.78, 5) is 2.46. The van der Waals surface area contributed by atoms with Gasteiger partial charge in [-0.05, 0) is 37.4 Å². The van der Waals surface area contributed by atoms with Gasteiger partial charge in [0.05, 0.1) is 6.67 Å². The van der Waals surface area contributed by atoms with Crippen LogP contribution in [0.25, 0.3) is 0 Å². The molecular weight excluding hydrogens is 260 g/mol. The van der Waals surface area contributed by atoms with Crippen molar-refractivity contribution in [2.24, 2.45) is 13.0 Å². The summed E-state index contributed by atoms with van der Waals surface area (Å²) >= 11 is 5.37. The summed E-state index contributed by atoms with van der Waals surface area (Å²) in [6, 6.07) is 0.695. The predicted molar refractivity (Wildman–Crippen MR) is 77.1 cm³/mol. The second kappa shape index (κ2) is 6.15. The minimum atomic E-state index is -0.0669. The van der Waals surface area contributed by atoms with Crippen LogP contribution in [0.4, 0.5) is 0 Å². The molecule has 0 amide bonds.